The predicted octanol–water partition coefficient (Wildman–Crippen LogP) is 5.77. The molecule has 1 amide bonds. The summed E-state index contributed by atoms with van der Waals surface area (Å²) >= 11 is 0. The van der Waals surface area contributed by atoms with Crippen LogP contribution in [0, 0.1) is 19.7 Å². The summed E-state index contributed by atoms with van der Waals surface area (Å²) in [5.41, 5.74) is 5.98. The SMILES string of the molecule is CCCC(C(=O)NCc1ccc2c(c1)OCO2)n1c(Cc2ccc(F)cc2)nc2cc(C)c(C)cc21. The molecule has 5 rings (SSSR count). The molecule has 36 heavy (non-hydrogen) atoms. The van der Waals surface area contributed by atoms with Gasteiger partial charge in [0.05, 0.1) is 11.0 Å². The summed E-state index contributed by atoms with van der Waals surface area (Å²) in [6, 6.07) is 15.9. The first kappa shape index (κ1) is 23.9. The van der Waals surface area contributed by atoms with Gasteiger partial charge >= 0.3 is 0 Å². The number of hydrogen-bond acceptors (Lipinski definition) is 4. The van der Waals surface area contributed by atoms with Gasteiger partial charge in [0, 0.05) is 13.0 Å². The largest absolute Gasteiger partial charge is 0.454 e. The van der Waals surface area contributed by atoms with E-state index in [0.717, 1.165) is 51.3 Å². The lowest BCUT2D eigenvalue weighted by atomic mass is 10.1. The molecule has 6 nitrogen and oxygen atoms in total. The van der Waals surface area contributed by atoms with Crippen molar-refractivity contribution in [3.63, 3.8) is 0 Å². The molecule has 0 bridgehead atoms. The lowest BCUT2D eigenvalue weighted by molar-refractivity contribution is -0.124. The van der Waals surface area contributed by atoms with Gasteiger partial charge in [0.1, 0.15) is 17.7 Å². The molecule has 7 heteroatoms. The molecule has 1 aliphatic heterocycles. The Hall–Kier alpha value is -3.87. The van der Waals surface area contributed by atoms with Crippen molar-refractivity contribution in [1.82, 2.24) is 14.9 Å². The Kier molecular flexibility index (Phi) is 6.63. The fourth-order valence-electron chi connectivity index (χ4n) is 4.67. The standard InChI is InChI=1S/C29H30FN3O3/c1-4-5-24(29(34)31-16-21-8-11-26-27(14-21)36-17-35-26)33-25-13-19(3)18(2)12-23(25)32-28(33)15-20-6-9-22(30)10-7-20/h6-14,24H,4-5,15-17H2,1-3H3,(H,31,34). The number of amides is 1. The van der Waals surface area contributed by atoms with Gasteiger partial charge in [-0.05, 0) is 78.9 Å². The first-order valence-corrected chi connectivity index (χ1v) is 12.3. The van der Waals surface area contributed by atoms with Crippen molar-refractivity contribution >= 4 is 16.9 Å². The maximum absolute atomic E-state index is 13.6. The van der Waals surface area contributed by atoms with E-state index in [0.29, 0.717) is 25.1 Å². The van der Waals surface area contributed by atoms with Crippen molar-refractivity contribution in [3.8, 4) is 11.5 Å². The van der Waals surface area contributed by atoms with E-state index in [1.807, 2.05) is 18.2 Å². The molecule has 0 aliphatic carbocycles. The summed E-state index contributed by atoms with van der Waals surface area (Å²) in [5, 5.41) is 3.12. The van der Waals surface area contributed by atoms with Crippen LogP contribution in [0.15, 0.2) is 54.6 Å². The molecule has 1 atom stereocenters. The number of rotatable bonds is 8. The van der Waals surface area contributed by atoms with E-state index in [9.17, 15) is 9.18 Å². The van der Waals surface area contributed by atoms with Crippen LogP contribution < -0.4 is 14.8 Å². The second kappa shape index (κ2) is 10.0. The van der Waals surface area contributed by atoms with E-state index in [2.05, 4.69) is 42.8 Å². The number of aromatic nitrogens is 2. The van der Waals surface area contributed by atoms with Gasteiger partial charge in [-0.3, -0.25) is 4.79 Å². The third kappa shape index (κ3) is 4.78. The first-order valence-electron chi connectivity index (χ1n) is 12.3. The quantitative estimate of drug-likeness (QED) is 0.343. The highest BCUT2D eigenvalue weighted by Gasteiger charge is 2.26. The number of nitrogens with zero attached hydrogens (tertiary/aromatic N) is 2. The predicted molar refractivity (Wildman–Crippen MR) is 137 cm³/mol. The zero-order valence-corrected chi connectivity index (χ0v) is 20.8. The van der Waals surface area contributed by atoms with Crippen molar-refractivity contribution in [2.75, 3.05) is 6.79 Å². The third-order valence-corrected chi connectivity index (χ3v) is 6.73. The van der Waals surface area contributed by atoms with Gasteiger partial charge in [-0.15, -0.1) is 0 Å². The van der Waals surface area contributed by atoms with E-state index in [1.165, 1.54) is 12.1 Å². The monoisotopic (exact) mass is 487 g/mol. The minimum Gasteiger partial charge on any atom is -0.454 e. The number of ether oxygens (including phenoxy) is 2. The van der Waals surface area contributed by atoms with Crippen LogP contribution in [0.3, 0.4) is 0 Å². The Labute approximate surface area is 210 Å². The Balaban J connectivity index is 1.48. The van der Waals surface area contributed by atoms with E-state index in [1.54, 1.807) is 12.1 Å². The fourth-order valence-corrected chi connectivity index (χ4v) is 4.67. The van der Waals surface area contributed by atoms with Crippen LogP contribution in [0.5, 0.6) is 11.5 Å². The van der Waals surface area contributed by atoms with Crippen LogP contribution >= 0.6 is 0 Å². The zero-order valence-electron chi connectivity index (χ0n) is 20.8. The third-order valence-electron chi connectivity index (χ3n) is 6.73. The zero-order chi connectivity index (χ0) is 25.2. The molecule has 4 aromatic rings. The number of hydrogen-bond donors (Lipinski definition) is 1. The molecule has 186 valence electrons. The fraction of sp³-hybridized carbons (Fsp3) is 0.310. The number of aryl methyl sites for hydroxylation is 2. The number of nitrogens with one attached hydrogen (secondary N) is 1. The Bertz CT molecular complexity index is 1410. The second-order valence-corrected chi connectivity index (χ2v) is 9.34. The molecule has 0 saturated carbocycles. The van der Waals surface area contributed by atoms with E-state index in [4.69, 9.17) is 14.5 Å². The molecule has 1 N–H and O–H groups in total. The van der Waals surface area contributed by atoms with Crippen molar-refractivity contribution in [2.24, 2.45) is 0 Å². The molecule has 1 aliphatic rings. The summed E-state index contributed by atoms with van der Waals surface area (Å²) in [7, 11) is 0. The minimum absolute atomic E-state index is 0.0626. The average molecular weight is 488 g/mol. The molecule has 1 aromatic heterocycles. The lowest BCUT2D eigenvalue weighted by Crippen LogP contribution is -2.33. The number of halogens is 1. The molecule has 3 aromatic carbocycles. The van der Waals surface area contributed by atoms with Gasteiger partial charge in [0.25, 0.3) is 0 Å². The molecule has 2 heterocycles. The highest BCUT2D eigenvalue weighted by Crippen LogP contribution is 2.33. The lowest BCUT2D eigenvalue weighted by Gasteiger charge is -2.21. The van der Waals surface area contributed by atoms with Gasteiger partial charge in [-0.2, -0.15) is 0 Å². The Morgan fingerprint density at radius 1 is 1.03 bits per heavy atom. The van der Waals surface area contributed by atoms with E-state index >= 15 is 0 Å². The van der Waals surface area contributed by atoms with Crippen LogP contribution in [0.1, 0.15) is 53.9 Å². The number of benzene rings is 3. The molecule has 0 saturated heterocycles. The van der Waals surface area contributed by atoms with Crippen LogP contribution in [0.2, 0.25) is 0 Å². The molecule has 0 spiro atoms. The highest BCUT2D eigenvalue weighted by atomic mass is 19.1. The molecular weight excluding hydrogens is 457 g/mol. The summed E-state index contributed by atoms with van der Waals surface area (Å²) in [6.45, 7) is 6.81. The number of imidazole rings is 1. The first-order chi connectivity index (χ1) is 17.4. The number of carbonyl (C=O) groups excluding carboxylic acids is 1. The second-order valence-electron chi connectivity index (χ2n) is 9.34. The number of carbonyl (C=O) groups is 1. The summed E-state index contributed by atoms with van der Waals surface area (Å²) in [6.07, 6.45) is 2.01. The van der Waals surface area contributed by atoms with Crippen LogP contribution in [0.25, 0.3) is 11.0 Å². The van der Waals surface area contributed by atoms with Crippen LogP contribution in [-0.4, -0.2) is 22.3 Å². The van der Waals surface area contributed by atoms with Gasteiger partial charge < -0.3 is 19.4 Å². The summed E-state index contributed by atoms with van der Waals surface area (Å²) in [4.78, 5) is 18.6. The number of fused-ring (bicyclic) bond motifs is 2. The Morgan fingerprint density at radius 2 is 1.75 bits per heavy atom. The van der Waals surface area contributed by atoms with Gasteiger partial charge in [0.15, 0.2) is 11.5 Å². The molecule has 1 unspecified atom stereocenters. The van der Waals surface area contributed by atoms with Gasteiger partial charge in [-0.1, -0.05) is 31.5 Å². The maximum atomic E-state index is 13.6. The van der Waals surface area contributed by atoms with Crippen molar-refractivity contribution in [2.45, 2.75) is 52.6 Å². The van der Waals surface area contributed by atoms with Crippen LogP contribution in [0.4, 0.5) is 4.39 Å². The van der Waals surface area contributed by atoms with E-state index in [-0.39, 0.29) is 18.5 Å². The summed E-state index contributed by atoms with van der Waals surface area (Å²) < 4.78 is 26.4. The molecule has 0 radical (unpaired) electrons. The normalized spacial score (nSPS) is 13.2. The highest BCUT2D eigenvalue weighted by molar-refractivity contribution is 5.85. The van der Waals surface area contributed by atoms with Crippen molar-refractivity contribution in [3.05, 3.63) is 88.5 Å². The summed E-state index contributed by atoms with van der Waals surface area (Å²) in [5.74, 6) is 1.87. The maximum Gasteiger partial charge on any atom is 0.243 e. The minimum atomic E-state index is -0.424. The smallest absolute Gasteiger partial charge is 0.243 e. The van der Waals surface area contributed by atoms with Gasteiger partial charge in [-0.25, -0.2) is 9.37 Å². The van der Waals surface area contributed by atoms with Crippen LogP contribution in [-0.2, 0) is 17.8 Å². The van der Waals surface area contributed by atoms with E-state index < -0.39 is 6.04 Å². The molecular formula is C29H30FN3O3. The topological polar surface area (TPSA) is 65.4 Å². The average Bonchev–Trinajstić information content (AvgIpc) is 3.46. The van der Waals surface area contributed by atoms with Gasteiger partial charge in [0.2, 0.25) is 12.7 Å². The molecule has 0 fully saturated rings. The Morgan fingerprint density at radius 3 is 2.53 bits per heavy atom. The van der Waals surface area contributed by atoms with Crippen molar-refractivity contribution < 1.29 is 18.7 Å². The van der Waals surface area contributed by atoms with Crippen molar-refractivity contribution in [1.29, 1.82) is 0 Å².